The van der Waals surface area contributed by atoms with Crippen LogP contribution in [0.15, 0.2) is 30.6 Å². The number of benzene rings is 1. The van der Waals surface area contributed by atoms with Crippen molar-refractivity contribution in [3.63, 3.8) is 0 Å². The second kappa shape index (κ2) is 8.39. The van der Waals surface area contributed by atoms with Crippen molar-refractivity contribution in [1.29, 1.82) is 0 Å². The number of hydrogen-bond donors (Lipinski definition) is 0. The Balaban J connectivity index is 1.34. The molecule has 1 aliphatic rings. The molecule has 0 saturated carbocycles. The molecule has 0 aliphatic carbocycles. The molecule has 8 nitrogen and oxygen atoms in total. The van der Waals surface area contributed by atoms with Gasteiger partial charge in [0.15, 0.2) is 0 Å². The Morgan fingerprint density at radius 1 is 1.03 bits per heavy atom. The standard InChI is InChI=1S/C21H23ClN6O2/c1-14-18(15(2)28-21(25-14)23-13-24-28)7-8-19(29)26-9-11-27(12-10-26)20(30)16-3-5-17(22)6-4-16/h3-6,13H,7-12H2,1-2H3. The van der Waals surface area contributed by atoms with Crippen LogP contribution in [0.1, 0.15) is 33.7 Å². The first-order chi connectivity index (χ1) is 14.4. The topological polar surface area (TPSA) is 83.7 Å². The van der Waals surface area contributed by atoms with Crippen LogP contribution in [0.3, 0.4) is 0 Å². The summed E-state index contributed by atoms with van der Waals surface area (Å²) in [7, 11) is 0. The summed E-state index contributed by atoms with van der Waals surface area (Å²) < 4.78 is 1.70. The fourth-order valence-corrected chi connectivity index (χ4v) is 3.97. The van der Waals surface area contributed by atoms with Gasteiger partial charge in [0.2, 0.25) is 5.91 Å². The van der Waals surface area contributed by atoms with E-state index in [9.17, 15) is 9.59 Å². The predicted octanol–water partition coefficient (Wildman–Crippen LogP) is 2.31. The van der Waals surface area contributed by atoms with Crippen molar-refractivity contribution in [3.8, 4) is 0 Å². The van der Waals surface area contributed by atoms with E-state index in [1.54, 1.807) is 33.7 Å². The minimum absolute atomic E-state index is 0.0303. The third kappa shape index (κ3) is 4.00. The summed E-state index contributed by atoms with van der Waals surface area (Å²) in [4.78, 5) is 37.6. The molecule has 0 bridgehead atoms. The molecule has 30 heavy (non-hydrogen) atoms. The number of carbonyl (C=O) groups is 2. The second-order valence-electron chi connectivity index (χ2n) is 7.41. The van der Waals surface area contributed by atoms with Crippen LogP contribution < -0.4 is 0 Å². The minimum atomic E-state index is -0.0303. The number of aryl methyl sites for hydroxylation is 2. The van der Waals surface area contributed by atoms with Crippen molar-refractivity contribution in [1.82, 2.24) is 29.4 Å². The van der Waals surface area contributed by atoms with Crippen molar-refractivity contribution in [2.24, 2.45) is 0 Å². The number of amides is 2. The average molecular weight is 427 g/mol. The first kappa shape index (κ1) is 20.3. The molecule has 0 radical (unpaired) electrons. The summed E-state index contributed by atoms with van der Waals surface area (Å²) >= 11 is 5.89. The van der Waals surface area contributed by atoms with Crippen LogP contribution in [0, 0.1) is 13.8 Å². The summed E-state index contributed by atoms with van der Waals surface area (Å²) in [6.45, 7) is 6.03. The Kier molecular flexibility index (Phi) is 5.67. The molecular weight excluding hydrogens is 404 g/mol. The molecular formula is C21H23ClN6O2. The highest BCUT2D eigenvalue weighted by Crippen LogP contribution is 2.17. The molecule has 1 saturated heterocycles. The fraction of sp³-hybridized carbons (Fsp3) is 0.381. The van der Waals surface area contributed by atoms with Crippen molar-refractivity contribution >= 4 is 29.2 Å². The van der Waals surface area contributed by atoms with Gasteiger partial charge in [0.05, 0.1) is 0 Å². The Bertz CT molecular complexity index is 1090. The van der Waals surface area contributed by atoms with Gasteiger partial charge in [-0.2, -0.15) is 10.1 Å². The monoisotopic (exact) mass is 426 g/mol. The van der Waals surface area contributed by atoms with E-state index in [2.05, 4.69) is 15.1 Å². The van der Waals surface area contributed by atoms with Gasteiger partial charge in [0.25, 0.3) is 11.7 Å². The van der Waals surface area contributed by atoms with Gasteiger partial charge in [-0.3, -0.25) is 9.59 Å². The lowest BCUT2D eigenvalue weighted by atomic mass is 10.1. The molecule has 3 aromatic rings. The molecule has 2 aromatic heterocycles. The van der Waals surface area contributed by atoms with Gasteiger partial charge >= 0.3 is 0 Å². The number of piperazine rings is 1. The number of carbonyl (C=O) groups excluding carboxylic acids is 2. The lowest BCUT2D eigenvalue weighted by Gasteiger charge is -2.35. The number of fused-ring (bicyclic) bond motifs is 1. The molecule has 2 amide bonds. The van der Waals surface area contributed by atoms with E-state index >= 15 is 0 Å². The Morgan fingerprint density at radius 3 is 2.40 bits per heavy atom. The van der Waals surface area contributed by atoms with Crippen molar-refractivity contribution in [2.45, 2.75) is 26.7 Å². The number of hydrogen-bond acceptors (Lipinski definition) is 5. The minimum Gasteiger partial charge on any atom is -0.339 e. The zero-order chi connectivity index (χ0) is 21.3. The van der Waals surface area contributed by atoms with E-state index < -0.39 is 0 Å². The summed E-state index contributed by atoms with van der Waals surface area (Å²) in [5.41, 5.74) is 3.47. The maximum Gasteiger partial charge on any atom is 0.253 e. The summed E-state index contributed by atoms with van der Waals surface area (Å²) in [5, 5.41) is 4.80. The second-order valence-corrected chi connectivity index (χ2v) is 7.85. The van der Waals surface area contributed by atoms with E-state index in [0.29, 0.717) is 55.4 Å². The lowest BCUT2D eigenvalue weighted by molar-refractivity contribution is -0.132. The largest absolute Gasteiger partial charge is 0.339 e. The zero-order valence-electron chi connectivity index (χ0n) is 17.0. The van der Waals surface area contributed by atoms with Crippen LogP contribution in [-0.2, 0) is 11.2 Å². The number of nitrogens with zero attached hydrogens (tertiary/aromatic N) is 6. The highest BCUT2D eigenvalue weighted by molar-refractivity contribution is 6.30. The number of aromatic nitrogens is 4. The third-order valence-corrected chi connectivity index (χ3v) is 5.84. The van der Waals surface area contributed by atoms with Crippen molar-refractivity contribution < 1.29 is 9.59 Å². The lowest BCUT2D eigenvalue weighted by Crippen LogP contribution is -2.50. The summed E-state index contributed by atoms with van der Waals surface area (Å²) in [5.74, 6) is 0.629. The van der Waals surface area contributed by atoms with E-state index in [0.717, 1.165) is 17.0 Å². The SMILES string of the molecule is Cc1nc2ncnn2c(C)c1CCC(=O)N1CCN(C(=O)c2ccc(Cl)cc2)CC1. The maximum atomic E-state index is 12.7. The molecule has 156 valence electrons. The fourth-order valence-electron chi connectivity index (χ4n) is 3.84. The van der Waals surface area contributed by atoms with Gasteiger partial charge in [0.1, 0.15) is 6.33 Å². The molecule has 0 atom stereocenters. The van der Waals surface area contributed by atoms with Crippen LogP contribution in [-0.4, -0.2) is 67.4 Å². The quantitative estimate of drug-likeness (QED) is 0.639. The molecule has 1 aromatic carbocycles. The highest BCUT2D eigenvalue weighted by atomic mass is 35.5. The predicted molar refractivity (Wildman–Crippen MR) is 113 cm³/mol. The molecule has 0 N–H and O–H groups in total. The first-order valence-electron chi connectivity index (χ1n) is 9.92. The summed E-state index contributed by atoms with van der Waals surface area (Å²) in [6.07, 6.45) is 2.48. The van der Waals surface area contributed by atoms with Crippen LogP contribution in [0.4, 0.5) is 0 Å². The Morgan fingerprint density at radius 2 is 1.70 bits per heavy atom. The van der Waals surface area contributed by atoms with Crippen LogP contribution in [0.5, 0.6) is 0 Å². The van der Waals surface area contributed by atoms with Crippen molar-refractivity contribution in [3.05, 3.63) is 58.1 Å². The van der Waals surface area contributed by atoms with Gasteiger partial charge in [-0.05, 0) is 50.1 Å². The normalized spacial score (nSPS) is 14.4. The molecule has 0 unspecified atom stereocenters. The molecule has 1 aliphatic heterocycles. The van der Waals surface area contributed by atoms with Crippen LogP contribution >= 0.6 is 11.6 Å². The maximum absolute atomic E-state index is 12.7. The van der Waals surface area contributed by atoms with Gasteiger partial charge < -0.3 is 9.80 Å². The van der Waals surface area contributed by atoms with E-state index in [1.165, 1.54) is 6.33 Å². The van der Waals surface area contributed by atoms with Crippen molar-refractivity contribution in [2.75, 3.05) is 26.2 Å². The molecule has 4 rings (SSSR count). The Hall–Kier alpha value is -3.00. The molecule has 0 spiro atoms. The number of halogens is 1. The van der Waals surface area contributed by atoms with E-state index in [1.807, 2.05) is 18.7 Å². The zero-order valence-corrected chi connectivity index (χ0v) is 17.8. The van der Waals surface area contributed by atoms with E-state index in [4.69, 9.17) is 11.6 Å². The number of rotatable bonds is 4. The molecule has 1 fully saturated rings. The van der Waals surface area contributed by atoms with Gasteiger partial charge in [0, 0.05) is 54.6 Å². The van der Waals surface area contributed by atoms with Gasteiger partial charge in [-0.1, -0.05) is 11.6 Å². The smallest absolute Gasteiger partial charge is 0.253 e. The first-order valence-corrected chi connectivity index (χ1v) is 10.3. The molecule has 9 heteroatoms. The summed E-state index contributed by atoms with van der Waals surface area (Å²) in [6, 6.07) is 6.88. The van der Waals surface area contributed by atoms with Crippen LogP contribution in [0.2, 0.25) is 5.02 Å². The molecule has 3 heterocycles. The van der Waals surface area contributed by atoms with E-state index in [-0.39, 0.29) is 11.8 Å². The highest BCUT2D eigenvalue weighted by Gasteiger charge is 2.25. The Labute approximate surface area is 179 Å². The average Bonchev–Trinajstić information content (AvgIpc) is 3.22. The van der Waals surface area contributed by atoms with Gasteiger partial charge in [-0.15, -0.1) is 0 Å². The third-order valence-electron chi connectivity index (χ3n) is 5.59. The van der Waals surface area contributed by atoms with Gasteiger partial charge in [-0.25, -0.2) is 9.50 Å². The van der Waals surface area contributed by atoms with Crippen LogP contribution in [0.25, 0.3) is 5.78 Å².